The van der Waals surface area contributed by atoms with Gasteiger partial charge in [-0.15, -0.1) is 0 Å². The van der Waals surface area contributed by atoms with Crippen molar-refractivity contribution in [1.82, 2.24) is 14.8 Å². The number of anilines is 1. The lowest BCUT2D eigenvalue weighted by molar-refractivity contribution is -0.116. The first-order valence-corrected chi connectivity index (χ1v) is 11.0. The Bertz CT molecular complexity index is 1360. The Morgan fingerprint density at radius 3 is 2.45 bits per heavy atom. The van der Waals surface area contributed by atoms with Crippen LogP contribution in [0.15, 0.2) is 36.5 Å². The summed E-state index contributed by atoms with van der Waals surface area (Å²) in [6.07, 6.45) is 2.02. The van der Waals surface area contributed by atoms with Crippen molar-refractivity contribution < 1.29 is 23.7 Å². The van der Waals surface area contributed by atoms with E-state index in [-0.39, 0.29) is 18.2 Å². The molecule has 1 aliphatic rings. The second-order valence-corrected chi connectivity index (χ2v) is 8.45. The van der Waals surface area contributed by atoms with Crippen molar-refractivity contribution in [1.29, 1.82) is 0 Å². The van der Waals surface area contributed by atoms with Crippen molar-refractivity contribution in [3.05, 3.63) is 47.7 Å². The van der Waals surface area contributed by atoms with Crippen LogP contribution in [0.4, 0.5) is 5.82 Å². The highest BCUT2D eigenvalue weighted by molar-refractivity contribution is 7.20. The van der Waals surface area contributed by atoms with Crippen LogP contribution in [0.1, 0.15) is 23.5 Å². The summed E-state index contributed by atoms with van der Waals surface area (Å²) in [7, 11) is 6.37. The second kappa shape index (κ2) is 8.28. The molecular weight excluding hydrogens is 444 g/mol. The fraction of sp³-hybridized carbons (Fsp3) is 0.261. The highest BCUT2D eigenvalue weighted by atomic mass is 32.1. The largest absolute Gasteiger partial charge is 0.497 e. The van der Waals surface area contributed by atoms with E-state index in [1.54, 1.807) is 45.4 Å². The average molecular weight is 467 g/mol. The van der Waals surface area contributed by atoms with E-state index in [1.807, 2.05) is 24.3 Å². The number of aromatic nitrogens is 3. The fourth-order valence-corrected chi connectivity index (χ4v) is 5.04. The molecule has 1 amide bonds. The predicted molar refractivity (Wildman–Crippen MR) is 124 cm³/mol. The second-order valence-electron chi connectivity index (χ2n) is 7.44. The van der Waals surface area contributed by atoms with Crippen molar-refractivity contribution in [3.63, 3.8) is 0 Å². The summed E-state index contributed by atoms with van der Waals surface area (Å²) in [6, 6.07) is 9.32. The van der Waals surface area contributed by atoms with E-state index in [0.717, 1.165) is 27.1 Å². The van der Waals surface area contributed by atoms with Crippen molar-refractivity contribution in [2.45, 2.75) is 12.3 Å². The summed E-state index contributed by atoms with van der Waals surface area (Å²) in [5, 5.41) is 8.19. The van der Waals surface area contributed by atoms with Crippen LogP contribution in [-0.2, 0) is 4.79 Å². The molecule has 1 atom stereocenters. The summed E-state index contributed by atoms with van der Waals surface area (Å²) in [6.45, 7) is 0. The number of amides is 1. The van der Waals surface area contributed by atoms with Crippen LogP contribution in [0.25, 0.3) is 15.3 Å². The number of rotatable bonds is 6. The van der Waals surface area contributed by atoms with Gasteiger partial charge in [-0.2, -0.15) is 9.78 Å². The van der Waals surface area contributed by atoms with Crippen molar-refractivity contribution in [3.8, 4) is 28.1 Å². The topological polar surface area (TPSA) is 96.7 Å². The summed E-state index contributed by atoms with van der Waals surface area (Å²) >= 11 is 1.47. The monoisotopic (exact) mass is 466 g/mol. The number of benzene rings is 2. The molecule has 0 saturated heterocycles. The van der Waals surface area contributed by atoms with Gasteiger partial charge in [-0.3, -0.25) is 4.79 Å². The molecule has 4 aromatic rings. The molecule has 0 spiro atoms. The third-order valence-corrected chi connectivity index (χ3v) is 6.69. The van der Waals surface area contributed by atoms with E-state index in [2.05, 4.69) is 10.4 Å². The Labute approximate surface area is 193 Å². The van der Waals surface area contributed by atoms with Crippen LogP contribution in [0.5, 0.6) is 23.0 Å². The van der Waals surface area contributed by atoms with E-state index in [4.69, 9.17) is 23.9 Å². The Kier molecular flexibility index (Phi) is 5.29. The molecule has 170 valence electrons. The summed E-state index contributed by atoms with van der Waals surface area (Å²) in [5.74, 6) is 2.69. The molecule has 3 heterocycles. The molecule has 0 fully saturated rings. The number of nitrogens with zero attached hydrogens (tertiary/aromatic N) is 3. The number of thiazole rings is 1. The number of hydrogen-bond acceptors (Lipinski definition) is 8. The van der Waals surface area contributed by atoms with Crippen LogP contribution in [0, 0.1) is 0 Å². The van der Waals surface area contributed by atoms with E-state index >= 15 is 0 Å². The van der Waals surface area contributed by atoms with Gasteiger partial charge in [0, 0.05) is 29.5 Å². The Morgan fingerprint density at radius 1 is 0.970 bits per heavy atom. The first-order valence-electron chi connectivity index (χ1n) is 10.2. The number of ether oxygens (including phenoxy) is 4. The quantitative estimate of drug-likeness (QED) is 0.459. The molecule has 0 unspecified atom stereocenters. The number of methoxy groups -OCH3 is 4. The van der Waals surface area contributed by atoms with Crippen LogP contribution in [0.2, 0.25) is 0 Å². The van der Waals surface area contributed by atoms with E-state index in [9.17, 15) is 4.79 Å². The molecular formula is C23H22N4O5S. The van der Waals surface area contributed by atoms with Gasteiger partial charge in [0.15, 0.2) is 11.5 Å². The van der Waals surface area contributed by atoms with Gasteiger partial charge in [-0.05, 0) is 24.3 Å². The van der Waals surface area contributed by atoms with Gasteiger partial charge < -0.3 is 24.3 Å². The highest BCUT2D eigenvalue weighted by Gasteiger charge is 2.33. The SMILES string of the molecule is COc1ccc2nc(-n3ncc4c3NC(=O)C[C@H]4c3cc(OC)c(OC)cc3OC)sc2c1. The first kappa shape index (κ1) is 21.1. The van der Waals surface area contributed by atoms with E-state index in [1.165, 1.54) is 11.3 Å². The van der Waals surface area contributed by atoms with Crippen LogP contribution < -0.4 is 24.3 Å². The lowest BCUT2D eigenvalue weighted by atomic mass is 9.86. The summed E-state index contributed by atoms with van der Waals surface area (Å²) < 4.78 is 24.5. The number of carbonyl (C=O) groups is 1. The van der Waals surface area contributed by atoms with Crippen molar-refractivity contribution >= 4 is 33.3 Å². The van der Waals surface area contributed by atoms with E-state index < -0.39 is 0 Å². The molecule has 0 radical (unpaired) electrons. The van der Waals surface area contributed by atoms with Crippen molar-refractivity contribution in [2.24, 2.45) is 0 Å². The van der Waals surface area contributed by atoms with Gasteiger partial charge >= 0.3 is 0 Å². The molecule has 33 heavy (non-hydrogen) atoms. The van der Waals surface area contributed by atoms with Gasteiger partial charge in [0.2, 0.25) is 11.0 Å². The van der Waals surface area contributed by atoms with Crippen LogP contribution >= 0.6 is 11.3 Å². The zero-order chi connectivity index (χ0) is 23.1. The van der Waals surface area contributed by atoms with Gasteiger partial charge in [0.25, 0.3) is 0 Å². The van der Waals surface area contributed by atoms with Crippen LogP contribution in [0.3, 0.4) is 0 Å². The molecule has 2 aromatic heterocycles. The zero-order valence-corrected chi connectivity index (χ0v) is 19.4. The predicted octanol–water partition coefficient (Wildman–Crippen LogP) is 3.99. The fourth-order valence-electron chi connectivity index (χ4n) is 4.08. The van der Waals surface area contributed by atoms with Gasteiger partial charge in [0.1, 0.15) is 17.3 Å². The smallest absolute Gasteiger partial charge is 0.226 e. The maximum atomic E-state index is 12.7. The average Bonchev–Trinajstić information content (AvgIpc) is 3.45. The maximum absolute atomic E-state index is 12.7. The molecule has 0 aliphatic carbocycles. The number of carbonyl (C=O) groups excluding carboxylic acids is 1. The summed E-state index contributed by atoms with van der Waals surface area (Å²) in [4.78, 5) is 17.4. The lowest BCUT2D eigenvalue weighted by Crippen LogP contribution is -2.25. The molecule has 0 saturated carbocycles. The highest BCUT2D eigenvalue weighted by Crippen LogP contribution is 2.45. The summed E-state index contributed by atoms with van der Waals surface area (Å²) in [5.41, 5.74) is 2.53. The molecule has 2 aromatic carbocycles. The molecule has 0 bridgehead atoms. The standard InChI is InChI=1S/C23H22N4O5S/c1-29-12-5-6-16-20(7-12)33-23(25-16)27-22-15(11-24-27)13(9-21(28)26-22)14-8-18(31-3)19(32-4)10-17(14)30-2/h5-8,10-11,13H,9H2,1-4H3,(H,26,28)/t13-/m0/s1. The Hall–Kier alpha value is -3.79. The lowest BCUT2D eigenvalue weighted by Gasteiger charge is -2.25. The molecule has 9 nitrogen and oxygen atoms in total. The zero-order valence-electron chi connectivity index (χ0n) is 18.5. The minimum atomic E-state index is -0.272. The Balaban J connectivity index is 1.62. The molecule has 10 heteroatoms. The number of fused-ring (bicyclic) bond motifs is 2. The molecule has 5 rings (SSSR count). The molecule has 1 N–H and O–H groups in total. The third kappa shape index (κ3) is 3.52. The minimum absolute atomic E-state index is 0.117. The molecule has 1 aliphatic heterocycles. The Morgan fingerprint density at radius 2 is 1.73 bits per heavy atom. The van der Waals surface area contributed by atoms with Gasteiger partial charge in [-0.25, -0.2) is 4.98 Å². The van der Waals surface area contributed by atoms with Gasteiger partial charge in [0.05, 0.1) is 44.9 Å². The third-order valence-electron chi connectivity index (χ3n) is 5.70. The number of hydrogen-bond donors (Lipinski definition) is 1. The van der Waals surface area contributed by atoms with Crippen LogP contribution in [-0.4, -0.2) is 49.1 Å². The van der Waals surface area contributed by atoms with E-state index in [0.29, 0.717) is 28.2 Å². The maximum Gasteiger partial charge on any atom is 0.226 e. The first-order chi connectivity index (χ1) is 16.1. The minimum Gasteiger partial charge on any atom is -0.497 e. The van der Waals surface area contributed by atoms with Crippen molar-refractivity contribution in [2.75, 3.05) is 33.8 Å². The normalized spacial score (nSPS) is 15.2. The number of nitrogens with one attached hydrogen (secondary N) is 1. The van der Waals surface area contributed by atoms with Gasteiger partial charge in [-0.1, -0.05) is 11.3 Å².